The SMILES string of the molecule is Cc1cc(C(F)(F)F)ccc1C(=O)NC(CC(=O)N(C)C)c1ccccc1. The van der Waals surface area contributed by atoms with Crippen LogP contribution in [0.2, 0.25) is 0 Å². The smallest absolute Gasteiger partial charge is 0.349 e. The quantitative estimate of drug-likeness (QED) is 0.856. The van der Waals surface area contributed by atoms with Gasteiger partial charge in [-0.15, -0.1) is 0 Å². The summed E-state index contributed by atoms with van der Waals surface area (Å²) in [5, 5.41) is 2.77. The molecule has 0 spiro atoms. The molecule has 2 amide bonds. The molecule has 27 heavy (non-hydrogen) atoms. The molecule has 2 rings (SSSR count). The standard InChI is InChI=1S/C20H21F3N2O2/c1-13-11-15(20(21,22)23)9-10-16(13)19(27)24-17(12-18(26)25(2)3)14-7-5-4-6-8-14/h4-11,17H,12H2,1-3H3,(H,24,27). The molecule has 7 heteroatoms. The van der Waals surface area contributed by atoms with Gasteiger partial charge >= 0.3 is 6.18 Å². The Bertz CT molecular complexity index is 818. The highest BCUT2D eigenvalue weighted by Gasteiger charge is 2.31. The summed E-state index contributed by atoms with van der Waals surface area (Å²) in [6.45, 7) is 1.45. The van der Waals surface area contributed by atoms with Gasteiger partial charge in [-0.05, 0) is 36.2 Å². The maximum atomic E-state index is 12.8. The number of halogens is 3. The Labute approximate surface area is 156 Å². The van der Waals surface area contributed by atoms with Crippen molar-refractivity contribution in [2.24, 2.45) is 0 Å². The van der Waals surface area contributed by atoms with Crippen LogP contribution in [0, 0.1) is 6.92 Å². The topological polar surface area (TPSA) is 49.4 Å². The van der Waals surface area contributed by atoms with Gasteiger partial charge in [-0.2, -0.15) is 13.2 Å². The number of benzene rings is 2. The Morgan fingerprint density at radius 1 is 1.07 bits per heavy atom. The Kier molecular flexibility index (Phi) is 6.25. The van der Waals surface area contributed by atoms with Crippen LogP contribution < -0.4 is 5.32 Å². The summed E-state index contributed by atoms with van der Waals surface area (Å²) in [7, 11) is 3.23. The zero-order valence-corrected chi connectivity index (χ0v) is 15.3. The predicted molar refractivity (Wildman–Crippen MR) is 96.1 cm³/mol. The van der Waals surface area contributed by atoms with Gasteiger partial charge in [0.25, 0.3) is 5.91 Å². The molecule has 0 heterocycles. The molecule has 1 atom stereocenters. The first-order valence-corrected chi connectivity index (χ1v) is 8.33. The zero-order valence-electron chi connectivity index (χ0n) is 15.3. The van der Waals surface area contributed by atoms with Gasteiger partial charge in [-0.3, -0.25) is 9.59 Å². The number of aryl methyl sites for hydroxylation is 1. The maximum Gasteiger partial charge on any atom is 0.416 e. The molecule has 1 N–H and O–H groups in total. The number of amides is 2. The summed E-state index contributed by atoms with van der Waals surface area (Å²) in [5.74, 6) is -0.699. The van der Waals surface area contributed by atoms with Crippen molar-refractivity contribution >= 4 is 11.8 Å². The zero-order chi connectivity index (χ0) is 20.2. The fraction of sp³-hybridized carbons (Fsp3) is 0.300. The molecule has 4 nitrogen and oxygen atoms in total. The molecule has 1 unspecified atom stereocenters. The van der Waals surface area contributed by atoms with Crippen LogP contribution in [0.4, 0.5) is 13.2 Å². The van der Waals surface area contributed by atoms with E-state index in [9.17, 15) is 22.8 Å². The summed E-state index contributed by atoms with van der Waals surface area (Å²) in [6, 6.07) is 11.4. The van der Waals surface area contributed by atoms with Gasteiger partial charge in [0.2, 0.25) is 5.91 Å². The predicted octanol–water partition coefficient (Wildman–Crippen LogP) is 3.96. The largest absolute Gasteiger partial charge is 0.416 e. The van der Waals surface area contributed by atoms with Crippen molar-refractivity contribution < 1.29 is 22.8 Å². The third kappa shape index (κ3) is 5.32. The third-order valence-electron chi connectivity index (χ3n) is 4.18. The van der Waals surface area contributed by atoms with E-state index >= 15 is 0 Å². The summed E-state index contributed by atoms with van der Waals surface area (Å²) in [4.78, 5) is 26.2. The second kappa shape index (κ2) is 8.24. The van der Waals surface area contributed by atoms with Crippen molar-refractivity contribution in [3.63, 3.8) is 0 Å². The summed E-state index contributed by atoms with van der Waals surface area (Å²) < 4.78 is 38.4. The molecule has 0 saturated heterocycles. The first-order chi connectivity index (χ1) is 12.6. The average Bonchev–Trinajstić information content (AvgIpc) is 2.60. The van der Waals surface area contributed by atoms with E-state index in [0.717, 1.165) is 23.8 Å². The Hall–Kier alpha value is -2.83. The van der Waals surface area contributed by atoms with Crippen molar-refractivity contribution in [3.05, 3.63) is 70.8 Å². The lowest BCUT2D eigenvalue weighted by atomic mass is 10.0. The van der Waals surface area contributed by atoms with Gasteiger partial charge in [0.05, 0.1) is 18.0 Å². The Balaban J connectivity index is 2.27. The molecule has 0 aromatic heterocycles. The van der Waals surface area contributed by atoms with E-state index in [-0.39, 0.29) is 23.5 Å². The second-order valence-electron chi connectivity index (χ2n) is 6.46. The molecule has 0 bridgehead atoms. The summed E-state index contributed by atoms with van der Waals surface area (Å²) >= 11 is 0. The number of rotatable bonds is 5. The van der Waals surface area contributed by atoms with Gasteiger partial charge in [-0.1, -0.05) is 30.3 Å². The molecule has 2 aromatic rings. The van der Waals surface area contributed by atoms with Crippen LogP contribution in [0.25, 0.3) is 0 Å². The first-order valence-electron chi connectivity index (χ1n) is 8.33. The summed E-state index contributed by atoms with van der Waals surface area (Å²) in [6.07, 6.45) is -4.42. The highest BCUT2D eigenvalue weighted by molar-refractivity contribution is 5.96. The number of hydrogen-bond donors (Lipinski definition) is 1. The van der Waals surface area contributed by atoms with E-state index in [1.807, 2.05) is 6.07 Å². The normalized spacial score (nSPS) is 12.4. The first kappa shape index (κ1) is 20.5. The lowest BCUT2D eigenvalue weighted by molar-refractivity contribution is -0.137. The van der Waals surface area contributed by atoms with Crippen LogP contribution in [0.5, 0.6) is 0 Å². The Morgan fingerprint density at radius 3 is 2.22 bits per heavy atom. The molecule has 0 aliphatic heterocycles. The highest BCUT2D eigenvalue weighted by Crippen LogP contribution is 2.30. The molecule has 0 aliphatic rings. The van der Waals surface area contributed by atoms with Crippen LogP contribution in [-0.2, 0) is 11.0 Å². The van der Waals surface area contributed by atoms with E-state index in [0.29, 0.717) is 0 Å². The van der Waals surface area contributed by atoms with Crippen LogP contribution in [-0.4, -0.2) is 30.8 Å². The molecule has 0 saturated carbocycles. The molecular formula is C20H21F3N2O2. The minimum atomic E-state index is -4.47. The third-order valence-corrected chi connectivity index (χ3v) is 4.18. The van der Waals surface area contributed by atoms with Crippen LogP contribution >= 0.6 is 0 Å². The minimum Gasteiger partial charge on any atom is -0.349 e. The minimum absolute atomic E-state index is 0.0441. The van der Waals surface area contributed by atoms with Crippen molar-refractivity contribution in [1.82, 2.24) is 10.2 Å². The number of carbonyl (C=O) groups is 2. The van der Waals surface area contributed by atoms with Crippen molar-refractivity contribution in [3.8, 4) is 0 Å². The van der Waals surface area contributed by atoms with E-state index < -0.39 is 23.7 Å². The second-order valence-corrected chi connectivity index (χ2v) is 6.46. The van der Waals surface area contributed by atoms with Gasteiger partial charge < -0.3 is 10.2 Å². The number of nitrogens with one attached hydrogen (secondary N) is 1. The molecule has 0 fully saturated rings. The van der Waals surface area contributed by atoms with E-state index in [1.165, 1.54) is 11.8 Å². The van der Waals surface area contributed by atoms with Crippen LogP contribution in [0.15, 0.2) is 48.5 Å². The Morgan fingerprint density at radius 2 is 1.70 bits per heavy atom. The monoisotopic (exact) mass is 378 g/mol. The number of alkyl halides is 3. The molecule has 2 aromatic carbocycles. The number of nitrogens with zero attached hydrogens (tertiary/aromatic N) is 1. The van der Waals surface area contributed by atoms with E-state index in [1.54, 1.807) is 38.4 Å². The van der Waals surface area contributed by atoms with Crippen LogP contribution in [0.1, 0.15) is 39.5 Å². The van der Waals surface area contributed by atoms with E-state index in [4.69, 9.17) is 0 Å². The van der Waals surface area contributed by atoms with E-state index in [2.05, 4.69) is 5.32 Å². The maximum absolute atomic E-state index is 12.8. The van der Waals surface area contributed by atoms with Crippen molar-refractivity contribution in [2.45, 2.75) is 25.6 Å². The molecular weight excluding hydrogens is 357 g/mol. The van der Waals surface area contributed by atoms with Gasteiger partial charge in [-0.25, -0.2) is 0 Å². The van der Waals surface area contributed by atoms with Crippen LogP contribution in [0.3, 0.4) is 0 Å². The lowest BCUT2D eigenvalue weighted by Crippen LogP contribution is -2.33. The average molecular weight is 378 g/mol. The fourth-order valence-corrected chi connectivity index (χ4v) is 2.63. The molecule has 0 aliphatic carbocycles. The lowest BCUT2D eigenvalue weighted by Gasteiger charge is -2.21. The number of carbonyl (C=O) groups excluding carboxylic acids is 2. The van der Waals surface area contributed by atoms with Crippen molar-refractivity contribution in [2.75, 3.05) is 14.1 Å². The molecule has 0 radical (unpaired) electrons. The highest BCUT2D eigenvalue weighted by atomic mass is 19.4. The fourth-order valence-electron chi connectivity index (χ4n) is 2.63. The van der Waals surface area contributed by atoms with Gasteiger partial charge in [0.1, 0.15) is 0 Å². The molecule has 144 valence electrons. The van der Waals surface area contributed by atoms with Gasteiger partial charge in [0.15, 0.2) is 0 Å². The summed E-state index contributed by atoms with van der Waals surface area (Å²) in [5.41, 5.74) is 0.291. The number of hydrogen-bond acceptors (Lipinski definition) is 2. The van der Waals surface area contributed by atoms with Gasteiger partial charge in [0, 0.05) is 19.7 Å². The van der Waals surface area contributed by atoms with Crippen molar-refractivity contribution in [1.29, 1.82) is 0 Å².